The van der Waals surface area contributed by atoms with Crippen LogP contribution < -0.4 is 10.5 Å². The molecule has 0 saturated carbocycles. The molecule has 6 heteroatoms. The third-order valence-electron chi connectivity index (χ3n) is 1.80. The first-order valence-electron chi connectivity index (χ1n) is 4.47. The number of methoxy groups -OCH3 is 1. The maximum absolute atomic E-state index is 9.36. The maximum Gasteiger partial charge on any atom is 0.200 e. The second-order valence-corrected chi connectivity index (χ2v) is 3.09. The molecule has 0 aliphatic rings. The summed E-state index contributed by atoms with van der Waals surface area (Å²) in [4.78, 5) is 3.86. The molecule has 0 atom stereocenters. The molecule has 0 saturated heterocycles. The van der Waals surface area contributed by atoms with Gasteiger partial charge in [-0.1, -0.05) is 0 Å². The van der Waals surface area contributed by atoms with Gasteiger partial charge in [0.05, 0.1) is 13.7 Å². The van der Waals surface area contributed by atoms with Crippen LogP contribution in [0.2, 0.25) is 0 Å². The Morgan fingerprint density at radius 2 is 2.25 bits per heavy atom. The third-order valence-corrected chi connectivity index (χ3v) is 1.80. The molecule has 0 spiro atoms. The van der Waals surface area contributed by atoms with Crippen molar-refractivity contribution in [2.45, 2.75) is 0 Å². The highest BCUT2D eigenvalue weighted by molar-refractivity contribution is 5.86. The Labute approximate surface area is 92.5 Å². The number of nitrogens with zero attached hydrogens (tertiary/aromatic N) is 1. The summed E-state index contributed by atoms with van der Waals surface area (Å²) in [5.41, 5.74) is 5.67. The molecule has 1 aromatic carbocycles. The Morgan fingerprint density at radius 3 is 2.81 bits per heavy atom. The monoisotopic (exact) mass is 223 g/mol. The summed E-state index contributed by atoms with van der Waals surface area (Å²) in [7, 11) is 1.38. The van der Waals surface area contributed by atoms with Gasteiger partial charge in [0, 0.05) is 6.21 Å². The van der Waals surface area contributed by atoms with Crippen molar-refractivity contribution in [2.75, 3.05) is 13.7 Å². The summed E-state index contributed by atoms with van der Waals surface area (Å²) < 4.78 is 4.86. The van der Waals surface area contributed by atoms with Gasteiger partial charge in [-0.3, -0.25) is 10.4 Å². The fourth-order valence-corrected chi connectivity index (χ4v) is 1.09. The minimum atomic E-state index is -0.314. The van der Waals surface area contributed by atoms with E-state index in [0.29, 0.717) is 5.56 Å². The highest BCUT2D eigenvalue weighted by Crippen LogP contribution is 2.35. The van der Waals surface area contributed by atoms with Gasteiger partial charge in [-0.2, -0.15) is 0 Å². The number of nitrogens with two attached hydrogens (primary N) is 1. The first-order chi connectivity index (χ1) is 7.54. The average Bonchev–Trinajstić information content (AvgIpc) is 2.22. The lowest BCUT2D eigenvalue weighted by Crippen LogP contribution is -2.12. The van der Waals surface area contributed by atoms with Crippen molar-refractivity contribution < 1.29 is 14.9 Å². The first kappa shape index (κ1) is 11.8. The van der Waals surface area contributed by atoms with Crippen molar-refractivity contribution >= 4 is 12.1 Å². The molecular weight excluding hydrogens is 210 g/mol. The number of amidine groups is 1. The molecule has 0 fully saturated rings. The highest BCUT2D eigenvalue weighted by atomic mass is 16.5. The molecule has 16 heavy (non-hydrogen) atoms. The predicted octanol–water partition coefficient (Wildman–Crippen LogP) is 0.461. The van der Waals surface area contributed by atoms with Crippen molar-refractivity contribution in [1.82, 2.24) is 0 Å². The van der Waals surface area contributed by atoms with Crippen molar-refractivity contribution in [1.29, 1.82) is 5.41 Å². The number of hydrogen-bond acceptors (Lipinski definition) is 5. The Kier molecular flexibility index (Phi) is 3.71. The van der Waals surface area contributed by atoms with Crippen LogP contribution in [0.15, 0.2) is 17.1 Å². The zero-order valence-corrected chi connectivity index (χ0v) is 8.77. The Hall–Kier alpha value is -2.24. The number of aliphatic imine (C=N–C) groups is 1. The molecule has 0 radical (unpaired) electrons. The molecule has 0 amide bonds. The zero-order chi connectivity index (χ0) is 12.1. The van der Waals surface area contributed by atoms with Crippen LogP contribution in [0, 0.1) is 5.41 Å². The number of aromatic hydroxyl groups is 2. The van der Waals surface area contributed by atoms with Crippen LogP contribution in [0.4, 0.5) is 0 Å². The second kappa shape index (κ2) is 5.01. The van der Waals surface area contributed by atoms with Gasteiger partial charge in [0.2, 0.25) is 5.75 Å². The van der Waals surface area contributed by atoms with E-state index in [9.17, 15) is 10.2 Å². The van der Waals surface area contributed by atoms with Gasteiger partial charge < -0.3 is 20.7 Å². The number of hydrogen-bond donors (Lipinski definition) is 4. The van der Waals surface area contributed by atoms with Crippen molar-refractivity contribution in [3.8, 4) is 17.2 Å². The Morgan fingerprint density at radius 1 is 1.56 bits per heavy atom. The molecule has 0 bridgehead atoms. The van der Waals surface area contributed by atoms with E-state index in [1.54, 1.807) is 0 Å². The van der Waals surface area contributed by atoms with Gasteiger partial charge in [-0.25, -0.2) is 0 Å². The van der Waals surface area contributed by atoms with E-state index in [1.165, 1.54) is 25.5 Å². The van der Waals surface area contributed by atoms with E-state index in [0.717, 1.165) is 0 Å². The molecule has 1 rings (SSSR count). The van der Waals surface area contributed by atoms with Crippen LogP contribution in [-0.4, -0.2) is 35.9 Å². The fraction of sp³-hybridized carbons (Fsp3) is 0.200. The second-order valence-electron chi connectivity index (χ2n) is 3.09. The first-order valence-corrected chi connectivity index (χ1v) is 4.47. The molecule has 1 aromatic rings. The predicted molar refractivity (Wildman–Crippen MR) is 60.7 cm³/mol. The van der Waals surface area contributed by atoms with Crippen LogP contribution in [-0.2, 0) is 0 Å². The SMILES string of the molecule is COc1cc(C=NCC(=N)N)cc(O)c1O. The summed E-state index contributed by atoms with van der Waals surface area (Å²) in [5, 5.41) is 25.7. The molecule has 0 aromatic heterocycles. The summed E-state index contributed by atoms with van der Waals surface area (Å²) in [6, 6.07) is 2.85. The topological polar surface area (TPSA) is 112 Å². The lowest BCUT2D eigenvalue weighted by molar-refractivity contribution is 0.351. The summed E-state index contributed by atoms with van der Waals surface area (Å²) >= 11 is 0. The minimum absolute atomic E-state index is 0.0498. The summed E-state index contributed by atoms with van der Waals surface area (Å²) in [6.07, 6.45) is 1.43. The number of ether oxygens (including phenoxy) is 1. The van der Waals surface area contributed by atoms with Crippen LogP contribution in [0.3, 0.4) is 0 Å². The van der Waals surface area contributed by atoms with Crippen LogP contribution in [0.1, 0.15) is 5.56 Å². The van der Waals surface area contributed by atoms with Gasteiger partial charge in [-0.05, 0) is 17.7 Å². The van der Waals surface area contributed by atoms with Crippen LogP contribution in [0.5, 0.6) is 17.2 Å². The Balaban J connectivity index is 2.93. The van der Waals surface area contributed by atoms with E-state index in [-0.39, 0.29) is 29.6 Å². The number of phenolic OH excluding ortho intramolecular Hbond substituents is 2. The van der Waals surface area contributed by atoms with Crippen molar-refractivity contribution in [2.24, 2.45) is 10.7 Å². The van der Waals surface area contributed by atoms with Crippen LogP contribution in [0.25, 0.3) is 0 Å². The van der Waals surface area contributed by atoms with E-state index in [1.807, 2.05) is 0 Å². The Bertz CT molecular complexity index is 430. The van der Waals surface area contributed by atoms with E-state index in [4.69, 9.17) is 15.9 Å². The number of nitrogens with one attached hydrogen (secondary N) is 1. The number of benzene rings is 1. The van der Waals surface area contributed by atoms with E-state index in [2.05, 4.69) is 4.99 Å². The summed E-state index contributed by atoms with van der Waals surface area (Å²) in [6.45, 7) is 0.0873. The van der Waals surface area contributed by atoms with Crippen LogP contribution >= 0.6 is 0 Å². The van der Waals surface area contributed by atoms with Gasteiger partial charge in [-0.15, -0.1) is 0 Å². The van der Waals surface area contributed by atoms with Crippen molar-refractivity contribution in [3.05, 3.63) is 17.7 Å². The largest absolute Gasteiger partial charge is 0.504 e. The maximum atomic E-state index is 9.36. The van der Waals surface area contributed by atoms with E-state index < -0.39 is 0 Å². The molecule has 0 aliphatic carbocycles. The summed E-state index contributed by atoms with van der Waals surface area (Å²) in [5.74, 6) is -0.495. The standard InChI is InChI=1S/C10H13N3O3/c1-16-8-3-6(2-7(14)10(8)15)4-13-5-9(11)12/h2-4,14-15H,5H2,1H3,(H3,11,12). The lowest BCUT2D eigenvalue weighted by atomic mass is 10.2. The van der Waals surface area contributed by atoms with Gasteiger partial charge in [0.15, 0.2) is 11.5 Å². The zero-order valence-electron chi connectivity index (χ0n) is 8.77. The third kappa shape index (κ3) is 2.88. The average molecular weight is 223 g/mol. The number of rotatable bonds is 4. The highest BCUT2D eigenvalue weighted by Gasteiger charge is 2.08. The molecule has 6 nitrogen and oxygen atoms in total. The van der Waals surface area contributed by atoms with Gasteiger partial charge in [0.25, 0.3) is 0 Å². The van der Waals surface area contributed by atoms with E-state index >= 15 is 0 Å². The number of phenols is 2. The van der Waals surface area contributed by atoms with Crippen molar-refractivity contribution in [3.63, 3.8) is 0 Å². The molecule has 5 N–H and O–H groups in total. The molecular formula is C10H13N3O3. The molecule has 86 valence electrons. The normalized spacial score (nSPS) is 10.6. The van der Waals surface area contributed by atoms with Gasteiger partial charge >= 0.3 is 0 Å². The molecule has 0 aliphatic heterocycles. The smallest absolute Gasteiger partial charge is 0.200 e. The van der Waals surface area contributed by atoms with Gasteiger partial charge in [0.1, 0.15) is 5.84 Å². The quantitative estimate of drug-likeness (QED) is 0.337. The fourth-order valence-electron chi connectivity index (χ4n) is 1.09. The lowest BCUT2D eigenvalue weighted by Gasteiger charge is -2.05. The molecule has 0 heterocycles. The minimum Gasteiger partial charge on any atom is -0.504 e. The molecule has 0 unspecified atom stereocenters.